The summed E-state index contributed by atoms with van der Waals surface area (Å²) < 4.78 is 18.2. The third-order valence-corrected chi connectivity index (χ3v) is 2.31. The normalized spacial score (nSPS) is 12.5. The zero-order chi connectivity index (χ0) is 11.3. The smallest absolute Gasteiger partial charge is 0.123 e. The molecule has 0 saturated heterocycles. The van der Waals surface area contributed by atoms with Crippen LogP contribution in [0.15, 0.2) is 18.2 Å². The summed E-state index contributed by atoms with van der Waals surface area (Å²) in [6.07, 6.45) is 1.55. The van der Waals surface area contributed by atoms with Gasteiger partial charge in [0.2, 0.25) is 0 Å². The first-order valence-electron chi connectivity index (χ1n) is 4.98. The molecule has 0 unspecified atom stereocenters. The van der Waals surface area contributed by atoms with Gasteiger partial charge in [-0.1, -0.05) is 0 Å². The maximum absolute atomic E-state index is 13.0. The van der Waals surface area contributed by atoms with Crippen molar-refractivity contribution in [2.45, 2.75) is 18.9 Å². The Morgan fingerprint density at radius 2 is 2.20 bits per heavy atom. The Morgan fingerprint density at radius 3 is 2.80 bits per heavy atom. The highest BCUT2D eigenvalue weighted by Gasteiger charge is 2.12. The van der Waals surface area contributed by atoms with E-state index in [-0.39, 0.29) is 11.9 Å². The average molecular weight is 212 g/mol. The minimum absolute atomic E-state index is 0.223. The number of hydrogen-bond donors (Lipinski definition) is 2. The molecule has 0 aliphatic heterocycles. The van der Waals surface area contributed by atoms with Crippen LogP contribution in [0, 0.1) is 5.82 Å². The Kier molecular flexibility index (Phi) is 4.52. The van der Waals surface area contributed by atoms with Gasteiger partial charge in [0.15, 0.2) is 0 Å². The lowest BCUT2D eigenvalue weighted by Gasteiger charge is -2.15. The summed E-state index contributed by atoms with van der Waals surface area (Å²) in [5, 5.41) is 0. The van der Waals surface area contributed by atoms with E-state index in [1.807, 2.05) is 0 Å². The summed E-state index contributed by atoms with van der Waals surface area (Å²) in [7, 11) is 1.55. The van der Waals surface area contributed by atoms with Crippen LogP contribution in [-0.2, 0) is 0 Å². The summed E-state index contributed by atoms with van der Waals surface area (Å²) in [5.74, 6) is 0.329. The average Bonchev–Trinajstić information content (AvgIpc) is 2.25. The van der Waals surface area contributed by atoms with Gasteiger partial charge >= 0.3 is 0 Å². The van der Waals surface area contributed by atoms with E-state index in [4.69, 9.17) is 16.2 Å². The van der Waals surface area contributed by atoms with Gasteiger partial charge in [-0.25, -0.2) is 4.39 Å². The molecule has 0 aromatic heterocycles. The first kappa shape index (κ1) is 11.9. The summed E-state index contributed by atoms with van der Waals surface area (Å²) in [4.78, 5) is 0. The second-order valence-corrected chi connectivity index (χ2v) is 3.42. The van der Waals surface area contributed by atoms with Gasteiger partial charge in [0.25, 0.3) is 0 Å². The molecule has 0 aliphatic rings. The number of halogens is 1. The molecule has 1 aromatic rings. The molecular weight excluding hydrogens is 195 g/mol. The zero-order valence-electron chi connectivity index (χ0n) is 8.87. The Bertz CT molecular complexity index is 317. The lowest BCUT2D eigenvalue weighted by atomic mass is 10.0. The molecule has 0 radical (unpaired) electrons. The van der Waals surface area contributed by atoms with Crippen molar-refractivity contribution < 1.29 is 9.13 Å². The standard InChI is InChI=1S/C11H17FN2O/c1-15-11-5-4-8(12)7-9(11)10(14)3-2-6-13/h4-5,7,10H,2-3,6,13-14H2,1H3/t10-/m1/s1. The van der Waals surface area contributed by atoms with E-state index in [0.29, 0.717) is 17.9 Å². The van der Waals surface area contributed by atoms with Crippen molar-refractivity contribution in [3.05, 3.63) is 29.6 Å². The molecule has 0 bridgehead atoms. The fourth-order valence-electron chi connectivity index (χ4n) is 1.49. The minimum atomic E-state index is -0.297. The fourth-order valence-corrected chi connectivity index (χ4v) is 1.49. The Labute approximate surface area is 89.2 Å². The summed E-state index contributed by atoms with van der Waals surface area (Å²) >= 11 is 0. The third-order valence-electron chi connectivity index (χ3n) is 2.31. The first-order valence-corrected chi connectivity index (χ1v) is 4.98. The van der Waals surface area contributed by atoms with Gasteiger partial charge in [-0.05, 0) is 37.6 Å². The van der Waals surface area contributed by atoms with E-state index in [1.54, 1.807) is 13.2 Å². The summed E-state index contributed by atoms with van der Waals surface area (Å²) in [6.45, 7) is 0.589. The van der Waals surface area contributed by atoms with Gasteiger partial charge < -0.3 is 16.2 Å². The van der Waals surface area contributed by atoms with Crippen LogP contribution in [0.5, 0.6) is 5.75 Å². The minimum Gasteiger partial charge on any atom is -0.496 e. The zero-order valence-corrected chi connectivity index (χ0v) is 8.87. The van der Waals surface area contributed by atoms with Crippen molar-refractivity contribution in [2.24, 2.45) is 11.5 Å². The van der Waals surface area contributed by atoms with Crippen molar-refractivity contribution in [2.75, 3.05) is 13.7 Å². The molecule has 1 atom stereocenters. The molecule has 84 valence electrons. The molecule has 4 heteroatoms. The molecule has 1 aromatic carbocycles. The van der Waals surface area contributed by atoms with Gasteiger partial charge in [-0.15, -0.1) is 0 Å². The second kappa shape index (κ2) is 5.68. The molecule has 4 N–H and O–H groups in total. The molecule has 3 nitrogen and oxygen atoms in total. The Morgan fingerprint density at radius 1 is 1.47 bits per heavy atom. The predicted molar refractivity (Wildman–Crippen MR) is 58.2 cm³/mol. The van der Waals surface area contributed by atoms with Crippen LogP contribution in [0.2, 0.25) is 0 Å². The van der Waals surface area contributed by atoms with Crippen molar-refractivity contribution in [1.82, 2.24) is 0 Å². The van der Waals surface area contributed by atoms with E-state index in [1.165, 1.54) is 12.1 Å². The van der Waals surface area contributed by atoms with Gasteiger partial charge in [-0.2, -0.15) is 0 Å². The molecule has 0 fully saturated rings. The fraction of sp³-hybridized carbons (Fsp3) is 0.455. The van der Waals surface area contributed by atoms with Gasteiger partial charge in [-0.3, -0.25) is 0 Å². The Balaban J connectivity index is 2.85. The summed E-state index contributed by atoms with van der Waals surface area (Å²) in [5.41, 5.74) is 12.0. The van der Waals surface area contributed by atoms with Crippen molar-refractivity contribution in [3.8, 4) is 5.75 Å². The van der Waals surface area contributed by atoms with Crippen molar-refractivity contribution in [3.63, 3.8) is 0 Å². The van der Waals surface area contributed by atoms with Crippen LogP contribution < -0.4 is 16.2 Å². The van der Waals surface area contributed by atoms with E-state index >= 15 is 0 Å². The van der Waals surface area contributed by atoms with E-state index < -0.39 is 0 Å². The molecule has 0 aliphatic carbocycles. The number of rotatable bonds is 5. The van der Waals surface area contributed by atoms with Crippen molar-refractivity contribution in [1.29, 1.82) is 0 Å². The maximum Gasteiger partial charge on any atom is 0.123 e. The van der Waals surface area contributed by atoms with E-state index in [2.05, 4.69) is 0 Å². The Hall–Kier alpha value is -1.13. The van der Waals surface area contributed by atoms with Crippen molar-refractivity contribution >= 4 is 0 Å². The van der Waals surface area contributed by atoms with Crippen LogP contribution >= 0.6 is 0 Å². The van der Waals surface area contributed by atoms with Crippen LogP contribution in [-0.4, -0.2) is 13.7 Å². The molecule has 0 heterocycles. The molecule has 0 saturated carbocycles. The molecular formula is C11H17FN2O. The quantitative estimate of drug-likeness (QED) is 0.778. The SMILES string of the molecule is COc1ccc(F)cc1[C@H](N)CCCN. The lowest BCUT2D eigenvalue weighted by Crippen LogP contribution is -2.13. The molecule has 0 spiro atoms. The number of hydrogen-bond acceptors (Lipinski definition) is 3. The van der Waals surface area contributed by atoms with Gasteiger partial charge in [0, 0.05) is 11.6 Å². The lowest BCUT2D eigenvalue weighted by molar-refractivity contribution is 0.402. The maximum atomic E-state index is 13.0. The highest BCUT2D eigenvalue weighted by atomic mass is 19.1. The largest absolute Gasteiger partial charge is 0.496 e. The molecule has 0 amide bonds. The van der Waals surface area contributed by atoms with Gasteiger partial charge in [0.1, 0.15) is 11.6 Å². The third kappa shape index (κ3) is 3.18. The number of ether oxygens (including phenoxy) is 1. The second-order valence-electron chi connectivity index (χ2n) is 3.42. The van der Waals surface area contributed by atoms with Crippen LogP contribution in [0.3, 0.4) is 0 Å². The topological polar surface area (TPSA) is 61.3 Å². The van der Waals surface area contributed by atoms with Crippen LogP contribution in [0.4, 0.5) is 4.39 Å². The number of benzene rings is 1. The summed E-state index contributed by atoms with van der Waals surface area (Å²) in [6, 6.07) is 4.14. The molecule has 15 heavy (non-hydrogen) atoms. The number of methoxy groups -OCH3 is 1. The van der Waals surface area contributed by atoms with Crippen LogP contribution in [0.25, 0.3) is 0 Å². The van der Waals surface area contributed by atoms with E-state index in [0.717, 1.165) is 12.8 Å². The highest BCUT2D eigenvalue weighted by molar-refractivity contribution is 5.36. The van der Waals surface area contributed by atoms with Crippen LogP contribution in [0.1, 0.15) is 24.4 Å². The highest BCUT2D eigenvalue weighted by Crippen LogP contribution is 2.26. The first-order chi connectivity index (χ1) is 7.19. The molecule has 1 rings (SSSR count). The van der Waals surface area contributed by atoms with E-state index in [9.17, 15) is 4.39 Å². The monoisotopic (exact) mass is 212 g/mol. The number of nitrogens with two attached hydrogens (primary N) is 2. The predicted octanol–water partition coefficient (Wildman–Crippen LogP) is 1.57. The van der Waals surface area contributed by atoms with Gasteiger partial charge in [0.05, 0.1) is 7.11 Å².